The van der Waals surface area contributed by atoms with E-state index < -0.39 is 12.0 Å². The van der Waals surface area contributed by atoms with Gasteiger partial charge in [-0.05, 0) is 25.5 Å². The normalized spacial score (nSPS) is 11.6. The summed E-state index contributed by atoms with van der Waals surface area (Å²) in [6.45, 7) is 3.75. The molecule has 0 aliphatic heterocycles. The highest BCUT2D eigenvalue weighted by Gasteiger charge is 2.23. The highest BCUT2D eigenvalue weighted by atomic mass is 32.2. The molecule has 0 aliphatic rings. The van der Waals surface area contributed by atoms with Crippen molar-refractivity contribution in [2.45, 2.75) is 25.0 Å². The van der Waals surface area contributed by atoms with E-state index in [0.29, 0.717) is 10.7 Å². The van der Waals surface area contributed by atoms with E-state index in [4.69, 9.17) is 4.74 Å². The van der Waals surface area contributed by atoms with Crippen LogP contribution in [0.15, 0.2) is 41.6 Å². The van der Waals surface area contributed by atoms with Crippen molar-refractivity contribution < 1.29 is 14.3 Å². The van der Waals surface area contributed by atoms with E-state index in [2.05, 4.69) is 15.3 Å². The molecule has 0 bridgehead atoms. The molecular weight excluding hydrogens is 326 g/mol. The Hall–Kier alpha value is -2.41. The number of rotatable bonds is 6. The summed E-state index contributed by atoms with van der Waals surface area (Å²) in [6, 6.07) is 10.0. The number of benzene rings is 1. The first kappa shape index (κ1) is 17.9. The molecule has 1 amide bonds. The Morgan fingerprint density at radius 3 is 2.38 bits per heavy atom. The second-order valence-electron chi connectivity index (χ2n) is 5.16. The van der Waals surface area contributed by atoms with Crippen molar-refractivity contribution in [3.05, 3.63) is 53.3 Å². The van der Waals surface area contributed by atoms with Crippen LogP contribution in [-0.2, 0) is 14.3 Å². The summed E-state index contributed by atoms with van der Waals surface area (Å²) in [4.78, 5) is 32.7. The topological polar surface area (TPSA) is 81.2 Å². The van der Waals surface area contributed by atoms with Gasteiger partial charge in [0.05, 0.1) is 12.9 Å². The van der Waals surface area contributed by atoms with Crippen LogP contribution in [0, 0.1) is 13.8 Å². The number of esters is 1. The summed E-state index contributed by atoms with van der Waals surface area (Å²) in [5.74, 6) is -0.687. The monoisotopic (exact) mass is 345 g/mol. The Bertz CT molecular complexity index is 702. The van der Waals surface area contributed by atoms with Gasteiger partial charge in [0.1, 0.15) is 0 Å². The van der Waals surface area contributed by atoms with E-state index >= 15 is 0 Å². The van der Waals surface area contributed by atoms with Gasteiger partial charge in [0.2, 0.25) is 5.91 Å². The van der Waals surface area contributed by atoms with Gasteiger partial charge in [0.25, 0.3) is 0 Å². The number of amides is 1. The maximum absolute atomic E-state index is 12.2. The third-order valence-electron chi connectivity index (χ3n) is 3.17. The Balaban J connectivity index is 2.01. The van der Waals surface area contributed by atoms with Crippen LogP contribution in [0.1, 0.15) is 23.0 Å². The van der Waals surface area contributed by atoms with Gasteiger partial charge >= 0.3 is 5.97 Å². The summed E-state index contributed by atoms with van der Waals surface area (Å²) in [7, 11) is 1.29. The van der Waals surface area contributed by atoms with Crippen LogP contribution in [0.3, 0.4) is 0 Å². The quantitative estimate of drug-likeness (QED) is 0.491. The number of aromatic nitrogens is 2. The van der Waals surface area contributed by atoms with Crippen molar-refractivity contribution in [3.8, 4) is 0 Å². The van der Waals surface area contributed by atoms with E-state index in [1.165, 1.54) is 18.9 Å². The number of hydrogen-bond donors (Lipinski definition) is 1. The summed E-state index contributed by atoms with van der Waals surface area (Å²) >= 11 is 1.23. The lowest BCUT2D eigenvalue weighted by atomic mass is 10.1. The van der Waals surface area contributed by atoms with Crippen molar-refractivity contribution >= 4 is 23.6 Å². The lowest BCUT2D eigenvalue weighted by Crippen LogP contribution is -2.35. The SMILES string of the molecule is COC(=O)[C@H](NC(=O)CSc1nc(C)cc(C)n1)c1ccccc1. The van der Waals surface area contributed by atoms with Gasteiger partial charge in [0, 0.05) is 11.4 Å². The third-order valence-corrected chi connectivity index (χ3v) is 4.02. The molecule has 0 saturated carbocycles. The molecule has 1 aromatic carbocycles. The fourth-order valence-electron chi connectivity index (χ4n) is 2.13. The number of methoxy groups -OCH3 is 1. The minimum absolute atomic E-state index is 0.114. The van der Waals surface area contributed by atoms with Crippen molar-refractivity contribution in [2.75, 3.05) is 12.9 Å². The predicted molar refractivity (Wildman–Crippen MR) is 91.6 cm³/mol. The number of thioether (sulfide) groups is 1. The van der Waals surface area contributed by atoms with Gasteiger partial charge < -0.3 is 10.1 Å². The molecule has 1 atom stereocenters. The number of carbonyl (C=O) groups is 2. The molecule has 2 aromatic rings. The Morgan fingerprint density at radius 1 is 1.17 bits per heavy atom. The fraction of sp³-hybridized carbons (Fsp3) is 0.294. The zero-order chi connectivity index (χ0) is 17.5. The summed E-state index contributed by atoms with van der Waals surface area (Å²) in [5.41, 5.74) is 2.37. The van der Waals surface area contributed by atoms with Crippen molar-refractivity contribution in [2.24, 2.45) is 0 Å². The number of hydrogen-bond acceptors (Lipinski definition) is 6. The maximum Gasteiger partial charge on any atom is 0.333 e. The van der Waals surface area contributed by atoms with Gasteiger partial charge in [-0.3, -0.25) is 4.79 Å². The highest BCUT2D eigenvalue weighted by molar-refractivity contribution is 7.99. The predicted octanol–water partition coefficient (Wildman–Crippen LogP) is 2.22. The molecule has 1 aromatic heterocycles. The van der Waals surface area contributed by atoms with Crippen LogP contribution >= 0.6 is 11.8 Å². The average molecular weight is 345 g/mol. The van der Waals surface area contributed by atoms with E-state index in [9.17, 15) is 9.59 Å². The second kappa shape index (κ2) is 8.44. The molecular formula is C17H19N3O3S. The highest BCUT2D eigenvalue weighted by Crippen LogP contribution is 2.17. The third kappa shape index (κ3) is 5.06. The molecule has 0 saturated heterocycles. The zero-order valence-electron chi connectivity index (χ0n) is 13.8. The molecule has 24 heavy (non-hydrogen) atoms. The summed E-state index contributed by atoms with van der Waals surface area (Å²) < 4.78 is 4.78. The smallest absolute Gasteiger partial charge is 0.333 e. The summed E-state index contributed by atoms with van der Waals surface area (Å²) in [5, 5.41) is 3.23. The van der Waals surface area contributed by atoms with Gasteiger partial charge in [-0.1, -0.05) is 42.1 Å². The molecule has 0 fully saturated rings. The molecule has 1 heterocycles. The Kier molecular flexibility index (Phi) is 6.31. The molecule has 2 rings (SSSR count). The minimum Gasteiger partial charge on any atom is -0.467 e. The molecule has 1 N–H and O–H groups in total. The standard InChI is InChI=1S/C17H19N3O3S/c1-11-9-12(2)19-17(18-11)24-10-14(21)20-15(16(22)23-3)13-7-5-4-6-8-13/h4-9,15H,10H2,1-3H3,(H,20,21)/t15-/m1/s1. The van der Waals surface area contributed by atoms with E-state index in [0.717, 1.165) is 11.4 Å². The van der Waals surface area contributed by atoms with Crippen LogP contribution < -0.4 is 5.32 Å². The molecule has 0 aliphatic carbocycles. The van der Waals surface area contributed by atoms with E-state index in [-0.39, 0.29) is 11.7 Å². The molecule has 126 valence electrons. The zero-order valence-corrected chi connectivity index (χ0v) is 14.6. The first-order valence-electron chi connectivity index (χ1n) is 7.37. The van der Waals surface area contributed by atoms with Gasteiger partial charge in [0.15, 0.2) is 11.2 Å². The Labute approximate surface area is 145 Å². The van der Waals surface area contributed by atoms with E-state index in [1.807, 2.05) is 26.0 Å². The number of ether oxygens (including phenoxy) is 1. The molecule has 0 unspecified atom stereocenters. The van der Waals surface area contributed by atoms with Gasteiger partial charge in [-0.15, -0.1) is 0 Å². The first-order chi connectivity index (χ1) is 11.5. The van der Waals surface area contributed by atoms with Crippen LogP contribution in [0.2, 0.25) is 0 Å². The Morgan fingerprint density at radius 2 is 1.79 bits per heavy atom. The van der Waals surface area contributed by atoms with Crippen molar-refractivity contribution in [1.82, 2.24) is 15.3 Å². The number of nitrogens with zero attached hydrogens (tertiary/aromatic N) is 2. The van der Waals surface area contributed by atoms with Crippen molar-refractivity contribution in [3.63, 3.8) is 0 Å². The minimum atomic E-state index is -0.829. The lowest BCUT2D eigenvalue weighted by molar-refractivity contribution is -0.145. The van der Waals surface area contributed by atoms with Gasteiger partial charge in [-0.2, -0.15) is 0 Å². The number of carbonyl (C=O) groups excluding carboxylic acids is 2. The van der Waals surface area contributed by atoms with Crippen LogP contribution in [0.4, 0.5) is 0 Å². The maximum atomic E-state index is 12.2. The molecule has 0 radical (unpaired) electrons. The largest absolute Gasteiger partial charge is 0.467 e. The summed E-state index contributed by atoms with van der Waals surface area (Å²) in [6.07, 6.45) is 0. The van der Waals surface area contributed by atoms with E-state index in [1.54, 1.807) is 24.3 Å². The first-order valence-corrected chi connectivity index (χ1v) is 8.35. The average Bonchev–Trinajstić information content (AvgIpc) is 2.57. The lowest BCUT2D eigenvalue weighted by Gasteiger charge is -2.16. The molecule has 7 heteroatoms. The fourth-order valence-corrected chi connectivity index (χ4v) is 2.89. The molecule has 6 nitrogen and oxygen atoms in total. The van der Waals surface area contributed by atoms with Crippen LogP contribution in [0.5, 0.6) is 0 Å². The number of nitrogens with one attached hydrogen (secondary N) is 1. The van der Waals surface area contributed by atoms with Crippen molar-refractivity contribution in [1.29, 1.82) is 0 Å². The van der Waals surface area contributed by atoms with Crippen LogP contribution in [0.25, 0.3) is 0 Å². The van der Waals surface area contributed by atoms with Crippen LogP contribution in [-0.4, -0.2) is 34.7 Å². The van der Waals surface area contributed by atoms with Gasteiger partial charge in [-0.25, -0.2) is 14.8 Å². The molecule has 0 spiro atoms. The number of aryl methyl sites for hydroxylation is 2. The second-order valence-corrected chi connectivity index (χ2v) is 6.10.